The van der Waals surface area contributed by atoms with Gasteiger partial charge in [0, 0.05) is 18.7 Å². The van der Waals surface area contributed by atoms with E-state index in [-0.39, 0.29) is 5.91 Å². The van der Waals surface area contributed by atoms with Crippen molar-refractivity contribution in [3.8, 4) is 0 Å². The molecule has 0 heterocycles. The maximum absolute atomic E-state index is 11.7. The molecular formula is C14H22N2O. The van der Waals surface area contributed by atoms with E-state index in [1.54, 1.807) is 0 Å². The Morgan fingerprint density at radius 1 is 1.29 bits per heavy atom. The number of nitrogens with one attached hydrogen (secondary N) is 2. The van der Waals surface area contributed by atoms with E-state index >= 15 is 0 Å². The van der Waals surface area contributed by atoms with Crippen molar-refractivity contribution in [3.63, 3.8) is 0 Å². The third kappa shape index (κ3) is 5.00. The highest BCUT2D eigenvalue weighted by Crippen LogP contribution is 2.15. The molecule has 1 amide bonds. The van der Waals surface area contributed by atoms with Gasteiger partial charge >= 0.3 is 0 Å². The van der Waals surface area contributed by atoms with Crippen LogP contribution in [0.25, 0.3) is 0 Å². The molecule has 2 N–H and O–H groups in total. The Morgan fingerprint density at radius 3 is 2.65 bits per heavy atom. The van der Waals surface area contributed by atoms with Gasteiger partial charge in [0.05, 0.1) is 0 Å². The highest BCUT2D eigenvalue weighted by molar-refractivity contribution is 5.91. The van der Waals surface area contributed by atoms with Crippen LogP contribution in [0.4, 0.5) is 5.69 Å². The van der Waals surface area contributed by atoms with Crippen molar-refractivity contribution in [2.75, 3.05) is 12.4 Å². The second kappa shape index (κ2) is 7.07. The van der Waals surface area contributed by atoms with Crippen molar-refractivity contribution in [1.29, 1.82) is 0 Å². The second-order valence-corrected chi connectivity index (χ2v) is 4.67. The Kier molecular flexibility index (Phi) is 5.70. The Labute approximate surface area is 104 Å². The molecule has 0 aromatic heterocycles. The van der Waals surface area contributed by atoms with E-state index in [1.165, 1.54) is 0 Å². The summed E-state index contributed by atoms with van der Waals surface area (Å²) in [6.45, 7) is 5.02. The van der Waals surface area contributed by atoms with Crippen molar-refractivity contribution in [1.82, 2.24) is 5.32 Å². The molecule has 0 aliphatic carbocycles. The Morgan fingerprint density at radius 2 is 2.00 bits per heavy atom. The smallest absolute Gasteiger partial charge is 0.224 e. The van der Waals surface area contributed by atoms with Gasteiger partial charge in [-0.15, -0.1) is 0 Å². The molecule has 0 radical (unpaired) electrons. The number of rotatable bonds is 6. The van der Waals surface area contributed by atoms with Gasteiger partial charge in [0.25, 0.3) is 0 Å². The normalized spacial score (nSPS) is 10.6. The first kappa shape index (κ1) is 13.7. The molecule has 0 unspecified atom stereocenters. The predicted molar refractivity (Wildman–Crippen MR) is 71.9 cm³/mol. The van der Waals surface area contributed by atoms with Crippen molar-refractivity contribution < 1.29 is 4.79 Å². The van der Waals surface area contributed by atoms with Crippen LogP contribution in [-0.4, -0.2) is 13.0 Å². The fourth-order valence-corrected chi connectivity index (χ4v) is 1.62. The summed E-state index contributed by atoms with van der Waals surface area (Å²) in [7, 11) is 1.90. The molecule has 17 heavy (non-hydrogen) atoms. The van der Waals surface area contributed by atoms with Gasteiger partial charge in [-0.1, -0.05) is 32.0 Å². The number of carbonyl (C=O) groups excluding carboxylic acids is 1. The molecular weight excluding hydrogens is 212 g/mol. The average Bonchev–Trinajstić information content (AvgIpc) is 2.29. The molecule has 1 rings (SSSR count). The van der Waals surface area contributed by atoms with E-state index in [1.807, 2.05) is 31.3 Å². The number of hydrogen-bond acceptors (Lipinski definition) is 2. The van der Waals surface area contributed by atoms with Crippen molar-refractivity contribution in [3.05, 3.63) is 29.8 Å². The van der Waals surface area contributed by atoms with E-state index in [0.29, 0.717) is 12.3 Å². The molecule has 3 nitrogen and oxygen atoms in total. The van der Waals surface area contributed by atoms with Crippen molar-refractivity contribution in [2.24, 2.45) is 5.92 Å². The molecule has 3 heteroatoms. The first-order chi connectivity index (χ1) is 8.13. The van der Waals surface area contributed by atoms with Gasteiger partial charge in [-0.3, -0.25) is 4.79 Å². The van der Waals surface area contributed by atoms with Crippen LogP contribution in [0.5, 0.6) is 0 Å². The Hall–Kier alpha value is -1.35. The summed E-state index contributed by atoms with van der Waals surface area (Å²) in [5.74, 6) is 0.663. The zero-order chi connectivity index (χ0) is 12.7. The Bertz CT molecular complexity index is 361. The first-order valence-corrected chi connectivity index (χ1v) is 6.16. The molecule has 94 valence electrons. The maximum atomic E-state index is 11.7. The molecule has 0 bridgehead atoms. The minimum atomic E-state index is 0.0993. The van der Waals surface area contributed by atoms with Gasteiger partial charge in [0.2, 0.25) is 5.91 Å². The topological polar surface area (TPSA) is 41.1 Å². The van der Waals surface area contributed by atoms with Gasteiger partial charge in [0.15, 0.2) is 0 Å². The summed E-state index contributed by atoms with van der Waals surface area (Å²) < 4.78 is 0. The molecule has 0 saturated heterocycles. The maximum Gasteiger partial charge on any atom is 0.224 e. The molecule has 0 spiro atoms. The lowest BCUT2D eigenvalue weighted by Gasteiger charge is -2.11. The lowest BCUT2D eigenvalue weighted by Crippen LogP contribution is -2.15. The Balaban J connectivity index is 2.58. The zero-order valence-electron chi connectivity index (χ0n) is 10.9. The third-order valence-electron chi connectivity index (χ3n) is 2.61. The second-order valence-electron chi connectivity index (χ2n) is 4.67. The summed E-state index contributed by atoms with van der Waals surface area (Å²) in [5.41, 5.74) is 2.03. The molecule has 1 aromatic rings. The summed E-state index contributed by atoms with van der Waals surface area (Å²) >= 11 is 0. The fraction of sp³-hybridized carbons (Fsp3) is 0.500. The number of carbonyl (C=O) groups is 1. The van der Waals surface area contributed by atoms with Crippen LogP contribution in [0.1, 0.15) is 32.3 Å². The standard InChI is InChI=1S/C14H22N2O/c1-11(2)8-9-14(17)16-13-7-5-4-6-12(13)10-15-3/h4-7,11,15H,8-10H2,1-3H3,(H,16,17). The van der Waals surface area contributed by atoms with Gasteiger partial charge < -0.3 is 10.6 Å². The van der Waals surface area contributed by atoms with Gasteiger partial charge in [-0.05, 0) is 31.0 Å². The van der Waals surface area contributed by atoms with Gasteiger partial charge in [0.1, 0.15) is 0 Å². The van der Waals surface area contributed by atoms with Crippen molar-refractivity contribution >= 4 is 11.6 Å². The molecule has 0 fully saturated rings. The number of anilines is 1. The average molecular weight is 234 g/mol. The molecule has 0 atom stereocenters. The van der Waals surface area contributed by atoms with Crippen LogP contribution in [0.3, 0.4) is 0 Å². The monoisotopic (exact) mass is 234 g/mol. The number of para-hydroxylation sites is 1. The SMILES string of the molecule is CNCc1ccccc1NC(=O)CCC(C)C. The molecule has 0 aliphatic heterocycles. The first-order valence-electron chi connectivity index (χ1n) is 6.16. The number of benzene rings is 1. The van der Waals surface area contributed by atoms with Crippen LogP contribution >= 0.6 is 0 Å². The summed E-state index contributed by atoms with van der Waals surface area (Å²) in [4.78, 5) is 11.7. The van der Waals surface area contributed by atoms with Crippen molar-refractivity contribution in [2.45, 2.75) is 33.2 Å². The fourth-order valence-electron chi connectivity index (χ4n) is 1.62. The lowest BCUT2D eigenvalue weighted by atomic mass is 10.1. The van der Waals surface area contributed by atoms with E-state index in [2.05, 4.69) is 24.5 Å². The largest absolute Gasteiger partial charge is 0.326 e. The summed E-state index contributed by atoms with van der Waals surface area (Å²) in [6.07, 6.45) is 1.52. The number of amides is 1. The van der Waals surface area contributed by atoms with Crippen LogP contribution in [0.2, 0.25) is 0 Å². The number of hydrogen-bond donors (Lipinski definition) is 2. The minimum absolute atomic E-state index is 0.0993. The quantitative estimate of drug-likeness (QED) is 0.794. The highest BCUT2D eigenvalue weighted by atomic mass is 16.1. The molecule has 0 aliphatic rings. The highest BCUT2D eigenvalue weighted by Gasteiger charge is 2.06. The van der Waals surface area contributed by atoms with Gasteiger partial charge in [-0.25, -0.2) is 0 Å². The van der Waals surface area contributed by atoms with E-state index in [9.17, 15) is 4.79 Å². The van der Waals surface area contributed by atoms with E-state index < -0.39 is 0 Å². The third-order valence-corrected chi connectivity index (χ3v) is 2.61. The summed E-state index contributed by atoms with van der Waals surface area (Å²) in [6, 6.07) is 7.89. The molecule has 0 saturated carbocycles. The lowest BCUT2D eigenvalue weighted by molar-refractivity contribution is -0.116. The van der Waals surface area contributed by atoms with Crippen LogP contribution < -0.4 is 10.6 Å². The predicted octanol–water partition coefficient (Wildman–Crippen LogP) is 2.78. The summed E-state index contributed by atoms with van der Waals surface area (Å²) in [5, 5.41) is 6.07. The van der Waals surface area contributed by atoms with Gasteiger partial charge in [-0.2, -0.15) is 0 Å². The molecule has 1 aromatic carbocycles. The van der Waals surface area contributed by atoms with Crippen LogP contribution in [-0.2, 0) is 11.3 Å². The van der Waals surface area contributed by atoms with Crippen LogP contribution in [0, 0.1) is 5.92 Å². The van der Waals surface area contributed by atoms with E-state index in [4.69, 9.17) is 0 Å². The van der Waals surface area contributed by atoms with E-state index in [0.717, 1.165) is 24.2 Å². The van der Waals surface area contributed by atoms with Crippen LogP contribution in [0.15, 0.2) is 24.3 Å². The zero-order valence-corrected chi connectivity index (χ0v) is 10.9. The minimum Gasteiger partial charge on any atom is -0.326 e.